The molecule has 0 spiro atoms. The molecule has 1 heterocycles. The molecule has 1 saturated heterocycles. The number of hydrogen-bond acceptors (Lipinski definition) is 3. The number of ether oxygens (including phenoxy) is 2. The van der Waals surface area contributed by atoms with Gasteiger partial charge in [-0.25, -0.2) is 0 Å². The van der Waals surface area contributed by atoms with E-state index in [9.17, 15) is 0 Å². The molecule has 0 aromatic rings. The first kappa shape index (κ1) is 11.0. The summed E-state index contributed by atoms with van der Waals surface area (Å²) in [6, 6.07) is 0. The molecule has 1 aliphatic rings. The molecule has 0 aliphatic carbocycles. The van der Waals surface area contributed by atoms with E-state index in [2.05, 4.69) is 19.2 Å². The lowest BCUT2D eigenvalue weighted by Crippen LogP contribution is -2.57. The Kier molecular flexibility index (Phi) is 4.16. The Morgan fingerprint density at radius 3 is 2.54 bits per heavy atom. The topological polar surface area (TPSA) is 30.5 Å². The second kappa shape index (κ2) is 4.94. The molecular formula is C10H21NO2. The Hall–Kier alpha value is -0.120. The van der Waals surface area contributed by atoms with Gasteiger partial charge in [-0.05, 0) is 12.8 Å². The lowest BCUT2D eigenvalue weighted by atomic mass is 9.92. The second-order valence-corrected chi connectivity index (χ2v) is 3.76. The van der Waals surface area contributed by atoms with Gasteiger partial charge >= 0.3 is 0 Å². The van der Waals surface area contributed by atoms with Crippen LogP contribution in [0, 0.1) is 0 Å². The highest BCUT2D eigenvalue weighted by molar-refractivity contribution is 4.90. The third-order valence-electron chi connectivity index (χ3n) is 3.01. The number of hydrogen-bond donors (Lipinski definition) is 1. The van der Waals surface area contributed by atoms with Crippen molar-refractivity contribution in [2.45, 2.75) is 38.3 Å². The van der Waals surface area contributed by atoms with E-state index in [0.717, 1.165) is 26.0 Å². The zero-order valence-electron chi connectivity index (χ0n) is 8.93. The predicted molar refractivity (Wildman–Crippen MR) is 52.9 cm³/mol. The first-order valence-corrected chi connectivity index (χ1v) is 5.12. The van der Waals surface area contributed by atoms with E-state index in [1.165, 1.54) is 0 Å². The van der Waals surface area contributed by atoms with E-state index < -0.39 is 0 Å². The Morgan fingerprint density at radius 2 is 2.15 bits per heavy atom. The van der Waals surface area contributed by atoms with E-state index in [1.807, 2.05) is 0 Å². The fourth-order valence-electron chi connectivity index (χ4n) is 1.71. The van der Waals surface area contributed by atoms with Crippen LogP contribution < -0.4 is 5.32 Å². The van der Waals surface area contributed by atoms with Crippen LogP contribution in [-0.2, 0) is 9.47 Å². The summed E-state index contributed by atoms with van der Waals surface area (Å²) in [6.07, 6.45) is 2.49. The van der Waals surface area contributed by atoms with E-state index in [-0.39, 0.29) is 11.6 Å². The molecule has 1 unspecified atom stereocenters. The molecule has 1 atom stereocenters. The Morgan fingerprint density at radius 1 is 1.46 bits per heavy atom. The maximum Gasteiger partial charge on any atom is 0.0933 e. The minimum Gasteiger partial charge on any atom is -0.382 e. The summed E-state index contributed by atoms with van der Waals surface area (Å²) in [5.41, 5.74) is 0.213. The van der Waals surface area contributed by atoms with Crippen LogP contribution >= 0.6 is 0 Å². The molecule has 0 amide bonds. The molecule has 13 heavy (non-hydrogen) atoms. The fraction of sp³-hybridized carbons (Fsp3) is 1.00. The Labute approximate surface area is 80.8 Å². The number of methoxy groups -OCH3 is 1. The molecule has 3 nitrogen and oxygen atoms in total. The van der Waals surface area contributed by atoms with Crippen LogP contribution in [0.1, 0.15) is 26.7 Å². The third-order valence-corrected chi connectivity index (χ3v) is 3.01. The van der Waals surface area contributed by atoms with Crippen LogP contribution in [0.4, 0.5) is 0 Å². The van der Waals surface area contributed by atoms with Crippen molar-refractivity contribution in [1.82, 2.24) is 5.32 Å². The summed E-state index contributed by atoms with van der Waals surface area (Å²) >= 11 is 0. The fourth-order valence-corrected chi connectivity index (χ4v) is 1.71. The van der Waals surface area contributed by atoms with Gasteiger partial charge in [-0.1, -0.05) is 13.8 Å². The standard InChI is InChI=1S/C10H21NO2/c1-4-10(5-2)8-13-9(6-11-10)7-12-3/h9,11H,4-8H2,1-3H3. The van der Waals surface area contributed by atoms with Gasteiger partial charge in [-0.2, -0.15) is 0 Å². The monoisotopic (exact) mass is 187 g/mol. The zero-order chi connectivity index (χ0) is 9.73. The van der Waals surface area contributed by atoms with Gasteiger partial charge in [0.25, 0.3) is 0 Å². The minimum absolute atomic E-state index is 0.213. The van der Waals surface area contributed by atoms with Crippen LogP contribution in [0.25, 0.3) is 0 Å². The van der Waals surface area contributed by atoms with Gasteiger partial charge in [-0.15, -0.1) is 0 Å². The lowest BCUT2D eigenvalue weighted by molar-refractivity contribution is -0.0651. The van der Waals surface area contributed by atoms with Crippen molar-refractivity contribution in [3.8, 4) is 0 Å². The maximum absolute atomic E-state index is 5.73. The summed E-state index contributed by atoms with van der Waals surface area (Å²) in [5, 5.41) is 3.56. The summed E-state index contributed by atoms with van der Waals surface area (Å²) in [6.45, 7) is 6.83. The van der Waals surface area contributed by atoms with Gasteiger partial charge in [0.1, 0.15) is 0 Å². The van der Waals surface area contributed by atoms with Crippen molar-refractivity contribution in [3.63, 3.8) is 0 Å². The first-order chi connectivity index (χ1) is 6.26. The molecule has 0 saturated carbocycles. The van der Waals surface area contributed by atoms with E-state index >= 15 is 0 Å². The van der Waals surface area contributed by atoms with Crippen molar-refractivity contribution in [1.29, 1.82) is 0 Å². The number of nitrogens with one attached hydrogen (secondary N) is 1. The minimum atomic E-state index is 0.213. The molecular weight excluding hydrogens is 166 g/mol. The molecule has 0 aromatic carbocycles. The van der Waals surface area contributed by atoms with Crippen molar-refractivity contribution in [3.05, 3.63) is 0 Å². The van der Waals surface area contributed by atoms with Crippen LogP contribution in [0.2, 0.25) is 0 Å². The largest absolute Gasteiger partial charge is 0.382 e. The van der Waals surface area contributed by atoms with Gasteiger partial charge in [0, 0.05) is 19.2 Å². The average molecular weight is 187 g/mol. The van der Waals surface area contributed by atoms with E-state index in [1.54, 1.807) is 7.11 Å². The highest BCUT2D eigenvalue weighted by Gasteiger charge is 2.32. The molecule has 0 aromatic heterocycles. The van der Waals surface area contributed by atoms with Crippen LogP contribution in [0.5, 0.6) is 0 Å². The molecule has 0 radical (unpaired) electrons. The molecule has 1 fully saturated rings. The number of morpholine rings is 1. The molecule has 1 rings (SSSR count). The first-order valence-electron chi connectivity index (χ1n) is 5.12. The molecule has 1 aliphatic heterocycles. The van der Waals surface area contributed by atoms with E-state index in [0.29, 0.717) is 6.61 Å². The molecule has 3 heteroatoms. The third kappa shape index (κ3) is 2.66. The highest BCUT2D eigenvalue weighted by atomic mass is 16.5. The Bertz CT molecular complexity index is 136. The van der Waals surface area contributed by atoms with Crippen molar-refractivity contribution >= 4 is 0 Å². The summed E-state index contributed by atoms with van der Waals surface area (Å²) < 4.78 is 10.8. The van der Waals surface area contributed by atoms with Crippen LogP contribution in [-0.4, -0.2) is 38.5 Å². The van der Waals surface area contributed by atoms with Crippen molar-refractivity contribution in [2.24, 2.45) is 0 Å². The predicted octanol–water partition coefficient (Wildman–Crippen LogP) is 1.18. The average Bonchev–Trinajstić information content (AvgIpc) is 2.20. The summed E-state index contributed by atoms with van der Waals surface area (Å²) in [4.78, 5) is 0. The molecule has 1 N–H and O–H groups in total. The summed E-state index contributed by atoms with van der Waals surface area (Å²) in [7, 11) is 1.71. The van der Waals surface area contributed by atoms with Gasteiger partial charge < -0.3 is 14.8 Å². The second-order valence-electron chi connectivity index (χ2n) is 3.76. The van der Waals surface area contributed by atoms with E-state index in [4.69, 9.17) is 9.47 Å². The van der Waals surface area contributed by atoms with Gasteiger partial charge in [0.05, 0.1) is 19.3 Å². The van der Waals surface area contributed by atoms with Crippen molar-refractivity contribution < 1.29 is 9.47 Å². The van der Waals surface area contributed by atoms with Gasteiger partial charge in [0.15, 0.2) is 0 Å². The van der Waals surface area contributed by atoms with Crippen molar-refractivity contribution in [2.75, 3.05) is 26.9 Å². The smallest absolute Gasteiger partial charge is 0.0933 e. The van der Waals surface area contributed by atoms with Gasteiger partial charge in [0.2, 0.25) is 0 Å². The lowest BCUT2D eigenvalue weighted by Gasteiger charge is -2.40. The Balaban J connectivity index is 2.36. The number of rotatable bonds is 4. The SMILES string of the molecule is CCC1(CC)COC(COC)CN1. The quantitative estimate of drug-likeness (QED) is 0.717. The zero-order valence-corrected chi connectivity index (χ0v) is 8.93. The van der Waals surface area contributed by atoms with Crippen LogP contribution in [0.15, 0.2) is 0 Å². The summed E-state index contributed by atoms with van der Waals surface area (Å²) in [5.74, 6) is 0. The molecule has 78 valence electrons. The molecule has 0 bridgehead atoms. The maximum atomic E-state index is 5.73. The van der Waals surface area contributed by atoms with Gasteiger partial charge in [-0.3, -0.25) is 0 Å². The van der Waals surface area contributed by atoms with Crippen LogP contribution in [0.3, 0.4) is 0 Å². The highest BCUT2D eigenvalue weighted by Crippen LogP contribution is 2.20. The normalized spacial score (nSPS) is 27.5.